The molecule has 1 N–H and O–H groups in total. The summed E-state index contributed by atoms with van der Waals surface area (Å²) in [6.45, 7) is 2.56. The number of sulfone groups is 1. The number of nitrogens with one attached hydrogen (secondary N) is 1. The predicted octanol–water partition coefficient (Wildman–Crippen LogP) is 3.10. The minimum atomic E-state index is -3.03. The molecule has 0 radical (unpaired) electrons. The van der Waals surface area contributed by atoms with Crippen molar-refractivity contribution in [3.05, 3.63) is 41.8 Å². The molecule has 0 spiro atoms. The Labute approximate surface area is 143 Å². The third kappa shape index (κ3) is 4.05. The fraction of sp³-hybridized carbons (Fsp3) is 0.500. The van der Waals surface area contributed by atoms with E-state index in [1.165, 1.54) is 11.8 Å². The number of hydrogen-bond donors (Lipinski definition) is 1. The van der Waals surface area contributed by atoms with Gasteiger partial charge in [0, 0.05) is 24.4 Å². The molecule has 0 aliphatic heterocycles. The topological polar surface area (TPSA) is 72.2 Å². The molecule has 1 fully saturated rings. The second kappa shape index (κ2) is 7.07. The summed E-state index contributed by atoms with van der Waals surface area (Å²) in [5, 5.41) is 3.07. The van der Waals surface area contributed by atoms with Crippen LogP contribution in [0.4, 0.5) is 0 Å². The summed E-state index contributed by atoms with van der Waals surface area (Å²) in [5.41, 5.74) is 2.93. The molecule has 1 heterocycles. The number of rotatable bonds is 5. The quantitative estimate of drug-likeness (QED) is 0.899. The minimum absolute atomic E-state index is 0.00623. The van der Waals surface area contributed by atoms with Crippen molar-refractivity contribution in [2.24, 2.45) is 0 Å². The highest BCUT2D eigenvalue weighted by Gasteiger charge is 2.32. The van der Waals surface area contributed by atoms with Gasteiger partial charge in [-0.15, -0.1) is 0 Å². The molecule has 1 aromatic carbocycles. The van der Waals surface area contributed by atoms with E-state index in [2.05, 4.69) is 10.3 Å². The molecule has 1 aliphatic carbocycles. The summed E-state index contributed by atoms with van der Waals surface area (Å²) in [6, 6.07) is 8.01. The minimum Gasteiger partial charge on any atom is -0.444 e. The van der Waals surface area contributed by atoms with Crippen LogP contribution in [0.2, 0.25) is 0 Å². The standard InChI is InChI=1S/C18H24N2O3S/c1-13-7-9-14(10-8-13)18-20-15(12-23-18)11-19-16-5-3-4-6-17(16)24(2,21)22/h7-10,12,16-17,19H,3-6,11H2,1-2H3. The van der Waals surface area contributed by atoms with Crippen LogP contribution < -0.4 is 5.32 Å². The number of hydrogen-bond acceptors (Lipinski definition) is 5. The van der Waals surface area contributed by atoms with Crippen LogP contribution in [0.5, 0.6) is 0 Å². The smallest absolute Gasteiger partial charge is 0.226 e. The zero-order valence-corrected chi connectivity index (χ0v) is 15.0. The first-order chi connectivity index (χ1) is 11.4. The van der Waals surface area contributed by atoms with Crippen molar-refractivity contribution in [3.8, 4) is 11.5 Å². The fourth-order valence-electron chi connectivity index (χ4n) is 3.30. The highest BCUT2D eigenvalue weighted by molar-refractivity contribution is 7.91. The first kappa shape index (κ1) is 17.2. The predicted molar refractivity (Wildman–Crippen MR) is 94.4 cm³/mol. The maximum atomic E-state index is 12.0. The van der Waals surface area contributed by atoms with Crippen LogP contribution in [0.25, 0.3) is 11.5 Å². The van der Waals surface area contributed by atoms with Crippen LogP contribution in [0.1, 0.15) is 36.9 Å². The van der Waals surface area contributed by atoms with E-state index in [9.17, 15) is 8.42 Å². The first-order valence-electron chi connectivity index (χ1n) is 8.37. The molecule has 6 heteroatoms. The molecular weight excluding hydrogens is 324 g/mol. The third-order valence-corrected chi connectivity index (χ3v) is 6.31. The van der Waals surface area contributed by atoms with Gasteiger partial charge in [0.05, 0.1) is 10.9 Å². The van der Waals surface area contributed by atoms with Crippen LogP contribution in [-0.4, -0.2) is 30.9 Å². The lowest BCUT2D eigenvalue weighted by Gasteiger charge is -2.30. The molecule has 0 bridgehead atoms. The van der Waals surface area contributed by atoms with Gasteiger partial charge in [-0.05, 0) is 31.9 Å². The van der Waals surface area contributed by atoms with Crippen LogP contribution in [0, 0.1) is 6.92 Å². The molecule has 1 saturated carbocycles. The number of benzene rings is 1. The van der Waals surface area contributed by atoms with Crippen molar-refractivity contribution in [2.75, 3.05) is 6.26 Å². The molecule has 1 aromatic heterocycles. The molecule has 5 nitrogen and oxygen atoms in total. The number of aryl methyl sites for hydroxylation is 1. The van der Waals surface area contributed by atoms with Gasteiger partial charge in [-0.3, -0.25) is 0 Å². The Balaban J connectivity index is 1.65. The first-order valence-corrected chi connectivity index (χ1v) is 10.3. The lowest BCUT2D eigenvalue weighted by Crippen LogP contribution is -2.45. The number of oxazole rings is 1. The molecule has 3 rings (SSSR count). The van der Waals surface area contributed by atoms with Crippen molar-refractivity contribution >= 4 is 9.84 Å². The maximum Gasteiger partial charge on any atom is 0.226 e. The zero-order chi connectivity index (χ0) is 17.2. The molecule has 0 saturated heterocycles. The van der Waals surface area contributed by atoms with E-state index < -0.39 is 9.84 Å². The Morgan fingerprint density at radius 3 is 2.62 bits per heavy atom. The van der Waals surface area contributed by atoms with Gasteiger partial charge in [-0.25, -0.2) is 13.4 Å². The van der Waals surface area contributed by atoms with E-state index in [1.807, 2.05) is 31.2 Å². The molecule has 1 aliphatic rings. The summed E-state index contributed by atoms with van der Waals surface area (Å²) in [4.78, 5) is 4.50. The van der Waals surface area contributed by atoms with Crippen molar-refractivity contribution in [1.82, 2.24) is 10.3 Å². The average molecular weight is 348 g/mol. The van der Waals surface area contributed by atoms with E-state index in [1.54, 1.807) is 6.26 Å². The number of nitrogens with zero attached hydrogens (tertiary/aromatic N) is 1. The summed E-state index contributed by atoms with van der Waals surface area (Å²) in [7, 11) is -3.03. The monoisotopic (exact) mass is 348 g/mol. The largest absolute Gasteiger partial charge is 0.444 e. The molecule has 0 amide bonds. The lowest BCUT2D eigenvalue weighted by atomic mass is 9.95. The normalized spacial score (nSPS) is 21.8. The van der Waals surface area contributed by atoms with Gasteiger partial charge in [0.2, 0.25) is 5.89 Å². The Morgan fingerprint density at radius 1 is 1.21 bits per heavy atom. The van der Waals surface area contributed by atoms with E-state index in [-0.39, 0.29) is 11.3 Å². The van der Waals surface area contributed by atoms with Gasteiger partial charge in [0.15, 0.2) is 9.84 Å². The molecule has 2 unspecified atom stereocenters. The summed E-state index contributed by atoms with van der Waals surface area (Å²) < 4.78 is 29.5. The Hall–Kier alpha value is -1.66. The second-order valence-corrected chi connectivity index (χ2v) is 8.91. The molecule has 2 atom stereocenters. The van der Waals surface area contributed by atoms with Crippen LogP contribution in [0.3, 0.4) is 0 Å². The van der Waals surface area contributed by atoms with E-state index in [0.717, 1.165) is 36.9 Å². The van der Waals surface area contributed by atoms with Crippen molar-refractivity contribution in [3.63, 3.8) is 0 Å². The maximum absolute atomic E-state index is 12.0. The SMILES string of the molecule is Cc1ccc(-c2nc(CNC3CCCCC3S(C)(=O)=O)co2)cc1. The van der Waals surface area contributed by atoms with Gasteiger partial charge in [0.25, 0.3) is 0 Å². The van der Waals surface area contributed by atoms with Crippen LogP contribution in [0.15, 0.2) is 34.9 Å². The fourth-order valence-corrected chi connectivity index (χ4v) is 4.72. The summed E-state index contributed by atoms with van der Waals surface area (Å²) in [6.07, 6.45) is 6.66. The second-order valence-electron chi connectivity index (χ2n) is 6.65. The van der Waals surface area contributed by atoms with Crippen molar-refractivity contribution < 1.29 is 12.8 Å². The Kier molecular flexibility index (Phi) is 5.06. The highest BCUT2D eigenvalue weighted by Crippen LogP contribution is 2.25. The van der Waals surface area contributed by atoms with Crippen molar-refractivity contribution in [2.45, 2.75) is 50.4 Å². The molecular formula is C18H24N2O3S. The lowest BCUT2D eigenvalue weighted by molar-refractivity contribution is 0.369. The van der Waals surface area contributed by atoms with Gasteiger partial charge in [0.1, 0.15) is 6.26 Å². The number of aromatic nitrogens is 1. The summed E-state index contributed by atoms with van der Waals surface area (Å²) in [5.74, 6) is 0.593. The highest BCUT2D eigenvalue weighted by atomic mass is 32.2. The van der Waals surface area contributed by atoms with Gasteiger partial charge in [-0.2, -0.15) is 0 Å². The van der Waals surface area contributed by atoms with Gasteiger partial charge in [-0.1, -0.05) is 30.5 Å². The van der Waals surface area contributed by atoms with Gasteiger partial charge < -0.3 is 9.73 Å². The van der Waals surface area contributed by atoms with E-state index >= 15 is 0 Å². The van der Waals surface area contributed by atoms with E-state index in [0.29, 0.717) is 12.4 Å². The van der Waals surface area contributed by atoms with Crippen LogP contribution in [-0.2, 0) is 16.4 Å². The average Bonchev–Trinajstić information content (AvgIpc) is 3.02. The molecule has 24 heavy (non-hydrogen) atoms. The van der Waals surface area contributed by atoms with Crippen molar-refractivity contribution in [1.29, 1.82) is 0 Å². The Morgan fingerprint density at radius 2 is 1.92 bits per heavy atom. The van der Waals surface area contributed by atoms with E-state index in [4.69, 9.17) is 4.42 Å². The summed E-state index contributed by atoms with van der Waals surface area (Å²) >= 11 is 0. The van der Waals surface area contributed by atoms with Gasteiger partial charge >= 0.3 is 0 Å². The molecule has 130 valence electrons. The van der Waals surface area contributed by atoms with Crippen LogP contribution >= 0.6 is 0 Å². The zero-order valence-electron chi connectivity index (χ0n) is 14.2. The third-order valence-electron chi connectivity index (χ3n) is 4.65. The molecule has 2 aromatic rings. The Bertz CT molecular complexity index is 781.